The third kappa shape index (κ3) is 4.45. The maximum Gasteiger partial charge on any atom is 0.244 e. The lowest BCUT2D eigenvalue weighted by Crippen LogP contribution is -2.39. The minimum atomic E-state index is 0.0747. The fourth-order valence-corrected chi connectivity index (χ4v) is 3.59. The van der Waals surface area contributed by atoms with E-state index >= 15 is 0 Å². The zero-order chi connectivity index (χ0) is 17.8. The predicted octanol–water partition coefficient (Wildman–Crippen LogP) is 1.95. The maximum atomic E-state index is 11.9. The van der Waals surface area contributed by atoms with Crippen LogP contribution >= 0.6 is 11.3 Å². The molecule has 0 aliphatic carbocycles. The van der Waals surface area contributed by atoms with Crippen molar-refractivity contribution in [1.29, 1.82) is 0 Å². The summed E-state index contributed by atoms with van der Waals surface area (Å²) in [7, 11) is 3.60. The molecule has 1 saturated heterocycles. The summed E-state index contributed by atoms with van der Waals surface area (Å²) < 4.78 is 5.50. The van der Waals surface area contributed by atoms with E-state index in [9.17, 15) is 4.79 Å². The lowest BCUT2D eigenvalue weighted by Gasteiger charge is -2.25. The van der Waals surface area contributed by atoms with E-state index in [0.717, 1.165) is 37.5 Å². The smallest absolute Gasteiger partial charge is 0.244 e. The highest BCUT2D eigenvalue weighted by Gasteiger charge is 2.25. The highest BCUT2D eigenvalue weighted by molar-refractivity contribution is 7.13. The Balaban J connectivity index is 1.59. The van der Waals surface area contributed by atoms with Gasteiger partial charge < -0.3 is 9.42 Å². The van der Waals surface area contributed by atoms with Gasteiger partial charge in [0.25, 0.3) is 0 Å². The average molecular weight is 363 g/mol. The zero-order valence-electron chi connectivity index (χ0n) is 15.0. The molecule has 7 nitrogen and oxygen atoms in total. The second-order valence-corrected chi connectivity index (χ2v) is 7.51. The second kappa shape index (κ2) is 8.07. The summed E-state index contributed by atoms with van der Waals surface area (Å²) in [6, 6.07) is 4.05. The first-order valence-electron chi connectivity index (χ1n) is 8.58. The first-order valence-corrected chi connectivity index (χ1v) is 9.46. The van der Waals surface area contributed by atoms with Gasteiger partial charge >= 0.3 is 0 Å². The fraction of sp³-hybridized carbons (Fsp3) is 0.588. The van der Waals surface area contributed by atoms with E-state index in [-0.39, 0.29) is 11.9 Å². The van der Waals surface area contributed by atoms with E-state index in [2.05, 4.69) is 26.9 Å². The first-order chi connectivity index (χ1) is 12.0. The van der Waals surface area contributed by atoms with Crippen LogP contribution in [0.1, 0.15) is 25.3 Å². The van der Waals surface area contributed by atoms with Crippen LogP contribution in [0.25, 0.3) is 10.7 Å². The largest absolute Gasteiger partial charge is 0.348 e. The summed E-state index contributed by atoms with van der Waals surface area (Å²) in [4.78, 5) is 23.7. The quantitative estimate of drug-likeness (QED) is 0.809. The van der Waals surface area contributed by atoms with E-state index in [1.165, 1.54) is 0 Å². The van der Waals surface area contributed by atoms with Crippen molar-refractivity contribution in [2.45, 2.75) is 19.4 Å². The van der Waals surface area contributed by atoms with Crippen molar-refractivity contribution in [3.63, 3.8) is 0 Å². The first kappa shape index (κ1) is 18.0. The Morgan fingerprint density at radius 3 is 2.92 bits per heavy atom. The van der Waals surface area contributed by atoms with Gasteiger partial charge in [0.15, 0.2) is 0 Å². The Morgan fingerprint density at radius 2 is 2.20 bits per heavy atom. The van der Waals surface area contributed by atoms with Gasteiger partial charge in [-0.15, -0.1) is 11.3 Å². The van der Waals surface area contributed by atoms with E-state index in [4.69, 9.17) is 4.52 Å². The van der Waals surface area contributed by atoms with Gasteiger partial charge in [-0.1, -0.05) is 11.2 Å². The summed E-state index contributed by atoms with van der Waals surface area (Å²) in [6.45, 7) is 6.25. The molecule has 8 heteroatoms. The average Bonchev–Trinajstić information content (AvgIpc) is 3.23. The van der Waals surface area contributed by atoms with Gasteiger partial charge in [-0.2, -0.15) is 4.98 Å². The third-order valence-electron chi connectivity index (χ3n) is 4.57. The second-order valence-electron chi connectivity index (χ2n) is 6.56. The van der Waals surface area contributed by atoms with Crippen molar-refractivity contribution >= 4 is 17.2 Å². The number of thiophene rings is 1. The van der Waals surface area contributed by atoms with E-state index < -0.39 is 0 Å². The molecule has 1 amide bonds. The highest BCUT2D eigenvalue weighted by atomic mass is 32.1. The number of hydrogen-bond donors (Lipinski definition) is 0. The molecule has 0 saturated carbocycles. The normalized spacial score (nSPS) is 18.0. The molecule has 0 N–H and O–H groups in total. The van der Waals surface area contributed by atoms with Crippen LogP contribution in [-0.2, 0) is 4.79 Å². The van der Waals surface area contributed by atoms with Crippen LogP contribution in [0.4, 0.5) is 0 Å². The lowest BCUT2D eigenvalue weighted by molar-refractivity contribution is -0.129. The topological polar surface area (TPSA) is 65.7 Å². The third-order valence-corrected chi connectivity index (χ3v) is 5.43. The molecule has 1 aliphatic rings. The lowest BCUT2D eigenvalue weighted by atomic mass is 10.2. The predicted molar refractivity (Wildman–Crippen MR) is 97.4 cm³/mol. The molecular formula is C17H25N5O2S. The Labute approximate surface area is 152 Å². The number of aromatic nitrogens is 2. The Morgan fingerprint density at radius 1 is 1.36 bits per heavy atom. The van der Waals surface area contributed by atoms with Gasteiger partial charge in [0.1, 0.15) is 0 Å². The van der Waals surface area contributed by atoms with Crippen LogP contribution < -0.4 is 0 Å². The molecule has 0 aromatic carbocycles. The van der Waals surface area contributed by atoms with E-state index in [0.29, 0.717) is 18.3 Å². The molecule has 25 heavy (non-hydrogen) atoms. The zero-order valence-corrected chi connectivity index (χ0v) is 15.8. The number of carbonyl (C=O) groups is 1. The number of amides is 1. The van der Waals surface area contributed by atoms with Crippen LogP contribution in [0.5, 0.6) is 0 Å². The van der Waals surface area contributed by atoms with Gasteiger partial charge in [0, 0.05) is 33.7 Å². The van der Waals surface area contributed by atoms with Crippen molar-refractivity contribution in [1.82, 2.24) is 24.8 Å². The number of nitrogens with zero attached hydrogens (tertiary/aromatic N) is 5. The van der Waals surface area contributed by atoms with E-state index in [1.54, 1.807) is 30.3 Å². The molecule has 0 radical (unpaired) electrons. The van der Waals surface area contributed by atoms with Crippen molar-refractivity contribution in [3.8, 4) is 10.7 Å². The standard InChI is InChI=1S/C17H25N5O2S/c1-13(17-18-16(19-24-17)14-6-4-11-25-14)22-8-5-7-21(9-10-22)12-15(23)20(2)3/h4,6,11,13H,5,7-10,12H2,1-3H3. The van der Waals surface area contributed by atoms with E-state index in [1.807, 2.05) is 17.5 Å². The number of hydrogen-bond acceptors (Lipinski definition) is 7. The fourth-order valence-electron chi connectivity index (χ4n) is 2.94. The number of likely N-dealkylation sites (N-methyl/N-ethyl adjacent to an activating group) is 1. The summed E-state index contributed by atoms with van der Waals surface area (Å²) in [6.07, 6.45) is 1.02. The van der Waals surface area contributed by atoms with Gasteiger partial charge in [0.2, 0.25) is 17.6 Å². The molecule has 2 aromatic heterocycles. The van der Waals surface area contributed by atoms with Crippen molar-refractivity contribution in [2.24, 2.45) is 0 Å². The van der Waals surface area contributed by atoms with Gasteiger partial charge in [-0.05, 0) is 31.3 Å². The van der Waals surface area contributed by atoms with Crippen LogP contribution in [0.2, 0.25) is 0 Å². The maximum absolute atomic E-state index is 11.9. The van der Waals surface area contributed by atoms with Crippen LogP contribution in [0.15, 0.2) is 22.0 Å². The minimum Gasteiger partial charge on any atom is -0.348 e. The molecule has 0 spiro atoms. The highest BCUT2D eigenvalue weighted by Crippen LogP contribution is 2.25. The molecule has 1 aliphatic heterocycles. The van der Waals surface area contributed by atoms with Crippen LogP contribution in [-0.4, -0.2) is 77.6 Å². The van der Waals surface area contributed by atoms with Gasteiger partial charge in [-0.3, -0.25) is 14.6 Å². The monoisotopic (exact) mass is 363 g/mol. The Kier molecular flexibility index (Phi) is 5.82. The molecule has 3 rings (SSSR count). The molecule has 136 valence electrons. The van der Waals surface area contributed by atoms with Crippen molar-refractivity contribution in [2.75, 3.05) is 46.8 Å². The molecule has 1 unspecified atom stereocenters. The SMILES string of the molecule is CC(c1nc(-c2cccs2)no1)N1CCCN(CC(=O)N(C)C)CC1. The van der Waals surface area contributed by atoms with Crippen molar-refractivity contribution in [3.05, 3.63) is 23.4 Å². The van der Waals surface area contributed by atoms with Gasteiger partial charge in [0.05, 0.1) is 17.5 Å². The summed E-state index contributed by atoms with van der Waals surface area (Å²) in [5.74, 6) is 1.46. The summed E-state index contributed by atoms with van der Waals surface area (Å²) in [5, 5.41) is 6.12. The molecule has 1 fully saturated rings. The molecule has 3 heterocycles. The Hall–Kier alpha value is -1.77. The summed E-state index contributed by atoms with van der Waals surface area (Å²) >= 11 is 1.61. The number of carbonyl (C=O) groups excluding carboxylic acids is 1. The van der Waals surface area contributed by atoms with Crippen molar-refractivity contribution < 1.29 is 9.32 Å². The molecule has 1 atom stereocenters. The molecular weight excluding hydrogens is 338 g/mol. The summed E-state index contributed by atoms with van der Waals surface area (Å²) in [5.41, 5.74) is 0. The van der Waals surface area contributed by atoms with Crippen LogP contribution in [0, 0.1) is 0 Å². The number of rotatable bonds is 5. The Bertz CT molecular complexity index is 685. The van der Waals surface area contributed by atoms with Crippen LogP contribution in [0.3, 0.4) is 0 Å². The molecule has 2 aromatic rings. The van der Waals surface area contributed by atoms with Gasteiger partial charge in [-0.25, -0.2) is 0 Å². The minimum absolute atomic E-state index is 0.0747. The molecule has 0 bridgehead atoms.